The van der Waals surface area contributed by atoms with Gasteiger partial charge in [-0.3, -0.25) is 9.59 Å². The number of hydrogen-bond donors (Lipinski definition) is 1. The van der Waals surface area contributed by atoms with Gasteiger partial charge in [-0.05, 0) is 55.5 Å². The number of ketones is 2. The summed E-state index contributed by atoms with van der Waals surface area (Å²) < 4.78 is 0. The number of aryl methyl sites for hydroxylation is 1. The van der Waals surface area contributed by atoms with E-state index >= 15 is 0 Å². The van der Waals surface area contributed by atoms with Gasteiger partial charge in [-0.1, -0.05) is 67.1 Å². The first-order chi connectivity index (χ1) is 15.0. The Labute approximate surface area is 183 Å². The summed E-state index contributed by atoms with van der Waals surface area (Å²) in [5, 5.41) is 9.91. The first kappa shape index (κ1) is 21.0. The van der Waals surface area contributed by atoms with Gasteiger partial charge in [-0.2, -0.15) is 0 Å². The summed E-state index contributed by atoms with van der Waals surface area (Å²) in [4.78, 5) is 27.2. The SMILES string of the molecule is Cc1cccc(C2C(C(=O)c3ccccc3)CCC[C@H]2C(=O)c2cccc(O)c2)c1C. The third kappa shape index (κ3) is 4.18. The minimum absolute atomic E-state index is 0.00682. The fourth-order valence-corrected chi connectivity index (χ4v) is 5.04. The van der Waals surface area contributed by atoms with Crippen LogP contribution >= 0.6 is 0 Å². The molecule has 31 heavy (non-hydrogen) atoms. The van der Waals surface area contributed by atoms with Gasteiger partial charge in [0.05, 0.1) is 0 Å². The lowest BCUT2D eigenvalue weighted by Gasteiger charge is -2.38. The van der Waals surface area contributed by atoms with E-state index in [-0.39, 0.29) is 35.1 Å². The van der Waals surface area contributed by atoms with E-state index in [0.29, 0.717) is 11.1 Å². The second-order valence-corrected chi connectivity index (χ2v) is 8.60. The number of benzene rings is 3. The van der Waals surface area contributed by atoms with Crippen LogP contribution in [0.5, 0.6) is 5.75 Å². The molecular formula is C28H28O3. The summed E-state index contributed by atoms with van der Waals surface area (Å²) in [7, 11) is 0. The van der Waals surface area contributed by atoms with Crippen molar-refractivity contribution in [2.75, 3.05) is 0 Å². The standard InChI is InChI=1S/C28H28O3/c1-18-9-6-14-23(19(18)2)26-24(27(30)20-10-4-3-5-11-20)15-8-16-25(26)28(31)21-12-7-13-22(29)17-21/h3-7,9-14,17,24-26,29H,8,15-16H2,1-2H3/t24?,25-,26?/m1/s1. The molecule has 158 valence electrons. The zero-order valence-electron chi connectivity index (χ0n) is 18.0. The number of rotatable bonds is 5. The fourth-order valence-electron chi connectivity index (χ4n) is 5.04. The maximum atomic E-state index is 13.6. The van der Waals surface area contributed by atoms with Crippen LogP contribution in [-0.2, 0) is 0 Å². The molecule has 0 radical (unpaired) electrons. The van der Waals surface area contributed by atoms with Gasteiger partial charge in [-0.25, -0.2) is 0 Å². The van der Waals surface area contributed by atoms with Crippen LogP contribution in [0, 0.1) is 25.7 Å². The van der Waals surface area contributed by atoms with Crippen LogP contribution in [0.1, 0.15) is 62.6 Å². The minimum Gasteiger partial charge on any atom is -0.508 e. The lowest BCUT2D eigenvalue weighted by molar-refractivity contribution is 0.0744. The van der Waals surface area contributed by atoms with Crippen LogP contribution < -0.4 is 0 Å². The molecule has 3 aromatic carbocycles. The highest BCUT2D eigenvalue weighted by molar-refractivity contribution is 6.02. The Morgan fingerprint density at radius 1 is 0.774 bits per heavy atom. The molecule has 3 nitrogen and oxygen atoms in total. The maximum absolute atomic E-state index is 13.6. The zero-order chi connectivity index (χ0) is 22.0. The van der Waals surface area contributed by atoms with Crippen LogP contribution in [0.2, 0.25) is 0 Å². The number of Topliss-reactive ketones (excluding diaryl/α,β-unsaturated/α-hetero) is 2. The Morgan fingerprint density at radius 2 is 1.39 bits per heavy atom. The summed E-state index contributed by atoms with van der Waals surface area (Å²) in [5.41, 5.74) is 4.61. The largest absolute Gasteiger partial charge is 0.508 e. The number of phenolic OH excluding ortho intramolecular Hbond substituents is 1. The molecule has 0 amide bonds. The van der Waals surface area contributed by atoms with Crippen LogP contribution in [0.3, 0.4) is 0 Å². The molecule has 4 rings (SSSR count). The predicted molar refractivity (Wildman–Crippen MR) is 123 cm³/mol. The summed E-state index contributed by atoms with van der Waals surface area (Å²) in [6.45, 7) is 4.15. The van der Waals surface area contributed by atoms with Gasteiger partial charge in [-0.15, -0.1) is 0 Å². The number of phenols is 1. The molecule has 3 aromatic rings. The van der Waals surface area contributed by atoms with Crippen molar-refractivity contribution in [3.8, 4) is 5.75 Å². The minimum atomic E-state index is -0.297. The fraction of sp³-hybridized carbons (Fsp3) is 0.286. The summed E-state index contributed by atoms with van der Waals surface area (Å²) >= 11 is 0. The third-order valence-electron chi connectivity index (χ3n) is 6.77. The van der Waals surface area contributed by atoms with Gasteiger partial charge >= 0.3 is 0 Å². The quantitative estimate of drug-likeness (QED) is 0.502. The molecule has 0 heterocycles. The lowest BCUT2D eigenvalue weighted by atomic mass is 9.64. The van der Waals surface area contributed by atoms with Gasteiger partial charge in [0.1, 0.15) is 5.75 Å². The summed E-state index contributed by atoms with van der Waals surface area (Å²) in [6, 6.07) is 22.1. The molecule has 0 spiro atoms. The topological polar surface area (TPSA) is 54.4 Å². The monoisotopic (exact) mass is 412 g/mol. The first-order valence-corrected chi connectivity index (χ1v) is 11.0. The van der Waals surface area contributed by atoms with Crippen LogP contribution in [0.4, 0.5) is 0 Å². The summed E-state index contributed by atoms with van der Waals surface area (Å²) in [6.07, 6.45) is 2.35. The van der Waals surface area contributed by atoms with E-state index < -0.39 is 0 Å². The molecule has 1 fully saturated rings. The second-order valence-electron chi connectivity index (χ2n) is 8.60. The van der Waals surface area contributed by atoms with Crippen LogP contribution in [0.15, 0.2) is 72.8 Å². The highest BCUT2D eigenvalue weighted by Gasteiger charge is 2.42. The van der Waals surface area contributed by atoms with Crippen molar-refractivity contribution >= 4 is 11.6 Å². The highest BCUT2D eigenvalue weighted by Crippen LogP contribution is 2.46. The van der Waals surface area contributed by atoms with Gasteiger partial charge < -0.3 is 5.11 Å². The number of aromatic hydroxyl groups is 1. The number of hydrogen-bond acceptors (Lipinski definition) is 3. The Balaban J connectivity index is 1.81. The normalized spacial score (nSPS) is 20.9. The molecule has 1 saturated carbocycles. The number of carbonyl (C=O) groups is 2. The first-order valence-electron chi connectivity index (χ1n) is 11.0. The van der Waals surface area contributed by atoms with Crippen LogP contribution in [-0.4, -0.2) is 16.7 Å². The number of carbonyl (C=O) groups excluding carboxylic acids is 2. The van der Waals surface area contributed by atoms with E-state index in [1.807, 2.05) is 36.4 Å². The van der Waals surface area contributed by atoms with Crippen molar-refractivity contribution < 1.29 is 14.7 Å². The third-order valence-corrected chi connectivity index (χ3v) is 6.77. The zero-order valence-corrected chi connectivity index (χ0v) is 18.0. The van der Waals surface area contributed by atoms with Crippen molar-refractivity contribution in [1.29, 1.82) is 0 Å². The Bertz CT molecular complexity index is 1100. The molecule has 0 bridgehead atoms. The Morgan fingerprint density at radius 3 is 2.06 bits per heavy atom. The van der Waals surface area contributed by atoms with E-state index in [1.54, 1.807) is 18.2 Å². The van der Waals surface area contributed by atoms with Gasteiger partial charge in [0.25, 0.3) is 0 Å². The Hall–Kier alpha value is -3.20. The van der Waals surface area contributed by atoms with Crippen molar-refractivity contribution in [3.63, 3.8) is 0 Å². The van der Waals surface area contributed by atoms with Crippen LogP contribution in [0.25, 0.3) is 0 Å². The molecule has 0 aromatic heterocycles. The summed E-state index contributed by atoms with van der Waals surface area (Å²) in [5.74, 6) is -0.526. The van der Waals surface area contributed by atoms with Gasteiger partial charge in [0.15, 0.2) is 11.6 Å². The molecule has 2 unspecified atom stereocenters. The van der Waals surface area contributed by atoms with E-state index in [0.717, 1.165) is 36.0 Å². The lowest BCUT2D eigenvalue weighted by Crippen LogP contribution is -2.36. The molecule has 3 heteroatoms. The second kappa shape index (κ2) is 8.89. The average molecular weight is 413 g/mol. The van der Waals surface area contributed by atoms with Crippen molar-refractivity contribution in [1.82, 2.24) is 0 Å². The molecule has 1 N–H and O–H groups in total. The van der Waals surface area contributed by atoms with E-state index in [1.165, 1.54) is 6.07 Å². The molecule has 1 aliphatic carbocycles. The smallest absolute Gasteiger partial charge is 0.166 e. The van der Waals surface area contributed by atoms with E-state index in [9.17, 15) is 14.7 Å². The predicted octanol–water partition coefficient (Wildman–Crippen LogP) is 6.27. The van der Waals surface area contributed by atoms with E-state index in [4.69, 9.17) is 0 Å². The van der Waals surface area contributed by atoms with Crippen molar-refractivity contribution in [2.45, 2.75) is 39.0 Å². The average Bonchev–Trinajstić information content (AvgIpc) is 2.80. The molecule has 3 atom stereocenters. The van der Waals surface area contributed by atoms with Crippen molar-refractivity contribution in [2.24, 2.45) is 11.8 Å². The molecule has 0 saturated heterocycles. The van der Waals surface area contributed by atoms with Gasteiger partial charge in [0.2, 0.25) is 0 Å². The molecule has 0 aliphatic heterocycles. The Kier molecular flexibility index (Phi) is 6.03. The van der Waals surface area contributed by atoms with Crippen molar-refractivity contribution in [3.05, 3.63) is 101 Å². The van der Waals surface area contributed by atoms with Gasteiger partial charge in [0, 0.05) is 28.9 Å². The van der Waals surface area contributed by atoms with E-state index in [2.05, 4.69) is 26.0 Å². The molecular weight excluding hydrogens is 384 g/mol. The highest BCUT2D eigenvalue weighted by atomic mass is 16.3. The molecule has 1 aliphatic rings. The maximum Gasteiger partial charge on any atom is 0.166 e.